The van der Waals surface area contributed by atoms with E-state index in [1.54, 1.807) is 4.90 Å². The highest BCUT2D eigenvalue weighted by atomic mass is 79.9. The molecule has 1 saturated carbocycles. The highest BCUT2D eigenvalue weighted by molar-refractivity contribution is 9.10. The Labute approximate surface area is 192 Å². The van der Waals surface area contributed by atoms with E-state index in [1.165, 1.54) is 0 Å². The second-order valence-electron chi connectivity index (χ2n) is 9.83. The lowest BCUT2D eigenvalue weighted by molar-refractivity contribution is -0.121. The molecule has 1 aliphatic carbocycles. The number of ether oxygens (including phenoxy) is 2. The molecule has 1 aromatic heterocycles. The lowest BCUT2D eigenvalue weighted by atomic mass is 10.00. The smallest absolute Gasteiger partial charge is 0.411 e. The first-order valence-corrected chi connectivity index (χ1v) is 11.4. The van der Waals surface area contributed by atoms with Gasteiger partial charge in [0.2, 0.25) is 5.91 Å². The Morgan fingerprint density at radius 2 is 2.03 bits per heavy atom. The molecule has 172 valence electrons. The van der Waals surface area contributed by atoms with E-state index in [-0.39, 0.29) is 17.4 Å². The molecule has 3 atom stereocenters. The number of fused-ring (bicyclic) bond motifs is 1. The summed E-state index contributed by atoms with van der Waals surface area (Å²) in [6.07, 6.45) is 0.924. The number of halogens is 1. The molecule has 2 amide bonds. The van der Waals surface area contributed by atoms with Gasteiger partial charge in [-0.2, -0.15) is 0 Å². The SMILES string of the molecule is Cc1ccc(Br)nc1NC(=O)[C@@H]1C[C@@]2(COCCN(C)C)C[C@H]2N1C(=O)OC(C)(C)C. The van der Waals surface area contributed by atoms with Gasteiger partial charge in [0.25, 0.3) is 0 Å². The van der Waals surface area contributed by atoms with Crippen molar-refractivity contribution in [3.8, 4) is 0 Å². The van der Waals surface area contributed by atoms with Crippen molar-refractivity contribution in [1.29, 1.82) is 0 Å². The van der Waals surface area contributed by atoms with Crippen LogP contribution in [0.25, 0.3) is 0 Å². The quantitative estimate of drug-likeness (QED) is 0.459. The number of aromatic nitrogens is 1. The lowest BCUT2D eigenvalue weighted by Crippen LogP contribution is -2.47. The number of aryl methyl sites for hydroxylation is 1. The van der Waals surface area contributed by atoms with Gasteiger partial charge in [0.1, 0.15) is 22.1 Å². The van der Waals surface area contributed by atoms with Crippen molar-refractivity contribution in [2.75, 3.05) is 39.2 Å². The van der Waals surface area contributed by atoms with Crippen LogP contribution in [0.15, 0.2) is 16.7 Å². The molecule has 1 aliphatic heterocycles. The number of hydrogen-bond acceptors (Lipinski definition) is 6. The Morgan fingerprint density at radius 1 is 1.32 bits per heavy atom. The molecule has 2 fully saturated rings. The Balaban J connectivity index is 1.75. The molecule has 1 N–H and O–H groups in total. The van der Waals surface area contributed by atoms with Crippen LogP contribution in [0.1, 0.15) is 39.2 Å². The number of piperidine rings is 1. The van der Waals surface area contributed by atoms with Crippen molar-refractivity contribution < 1.29 is 19.1 Å². The van der Waals surface area contributed by atoms with Gasteiger partial charge in [0, 0.05) is 18.0 Å². The average Bonchev–Trinajstić information content (AvgIpc) is 3.24. The molecule has 0 unspecified atom stereocenters. The van der Waals surface area contributed by atoms with Crippen LogP contribution < -0.4 is 5.32 Å². The fourth-order valence-electron chi connectivity index (χ4n) is 4.00. The third-order valence-electron chi connectivity index (χ3n) is 5.70. The van der Waals surface area contributed by atoms with Crippen LogP contribution in [0, 0.1) is 12.3 Å². The number of amides is 2. The van der Waals surface area contributed by atoms with E-state index in [2.05, 4.69) is 31.1 Å². The summed E-state index contributed by atoms with van der Waals surface area (Å²) in [7, 11) is 4.00. The van der Waals surface area contributed by atoms with Gasteiger partial charge >= 0.3 is 6.09 Å². The Hall–Kier alpha value is -1.71. The maximum absolute atomic E-state index is 13.2. The second-order valence-corrected chi connectivity index (χ2v) is 10.6. The number of hydrogen-bond donors (Lipinski definition) is 1. The topological polar surface area (TPSA) is 84.0 Å². The Bertz CT molecular complexity index is 841. The van der Waals surface area contributed by atoms with Crippen molar-refractivity contribution in [1.82, 2.24) is 14.8 Å². The van der Waals surface area contributed by atoms with E-state index in [0.29, 0.717) is 30.1 Å². The molecule has 3 rings (SSSR count). The molecule has 2 aliphatic rings. The molecule has 1 aromatic rings. The predicted octanol–water partition coefficient (Wildman–Crippen LogP) is 3.44. The van der Waals surface area contributed by atoms with Crippen molar-refractivity contribution in [2.45, 2.75) is 58.2 Å². The second kappa shape index (κ2) is 9.03. The number of likely N-dealkylation sites (N-methyl/N-ethyl adjacent to an activating group) is 1. The first kappa shape index (κ1) is 23.9. The van der Waals surface area contributed by atoms with E-state index in [9.17, 15) is 9.59 Å². The molecule has 8 nitrogen and oxygen atoms in total. The van der Waals surface area contributed by atoms with Gasteiger partial charge in [-0.3, -0.25) is 9.69 Å². The fraction of sp³-hybridized carbons (Fsp3) is 0.682. The van der Waals surface area contributed by atoms with E-state index in [1.807, 2.05) is 53.9 Å². The van der Waals surface area contributed by atoms with Crippen molar-refractivity contribution in [2.24, 2.45) is 5.41 Å². The predicted molar refractivity (Wildman–Crippen MR) is 122 cm³/mol. The highest BCUT2D eigenvalue weighted by Crippen LogP contribution is 2.60. The summed E-state index contributed by atoms with van der Waals surface area (Å²) in [5.74, 6) is 0.236. The summed E-state index contributed by atoms with van der Waals surface area (Å²) >= 11 is 3.34. The van der Waals surface area contributed by atoms with Crippen LogP contribution in [0.4, 0.5) is 10.6 Å². The van der Waals surface area contributed by atoms with Crippen LogP contribution in [0.2, 0.25) is 0 Å². The number of carbonyl (C=O) groups is 2. The molecular formula is C22H33BrN4O4. The largest absolute Gasteiger partial charge is 0.444 e. The van der Waals surface area contributed by atoms with Gasteiger partial charge in [-0.05, 0) is 82.2 Å². The molecular weight excluding hydrogens is 464 g/mol. The third kappa shape index (κ3) is 5.75. The van der Waals surface area contributed by atoms with E-state index >= 15 is 0 Å². The molecule has 0 spiro atoms. The molecule has 0 radical (unpaired) electrons. The summed E-state index contributed by atoms with van der Waals surface area (Å²) in [6.45, 7) is 9.34. The number of anilines is 1. The van der Waals surface area contributed by atoms with Gasteiger partial charge in [-0.25, -0.2) is 9.78 Å². The standard InChI is InChI=1S/C22H33BrN4O4/c1-14-7-8-17(23)24-18(14)25-19(28)15-11-22(13-30-10-9-26(5)6)12-16(22)27(15)20(29)31-21(2,3)4/h7-8,15-16H,9-13H2,1-6H3,(H,24,25,28)/t15-,16+,22-/m0/s1. The Kier molecular flexibility index (Phi) is 6.98. The number of pyridine rings is 1. The van der Waals surface area contributed by atoms with Crippen LogP contribution in [0.5, 0.6) is 0 Å². The number of rotatable bonds is 7. The zero-order chi connectivity index (χ0) is 23.0. The number of likely N-dealkylation sites (tertiary alicyclic amines) is 1. The lowest BCUT2D eigenvalue weighted by Gasteiger charge is -2.29. The fourth-order valence-corrected chi connectivity index (χ4v) is 4.31. The number of nitrogens with one attached hydrogen (secondary N) is 1. The highest BCUT2D eigenvalue weighted by Gasteiger charge is 2.68. The first-order valence-electron chi connectivity index (χ1n) is 10.6. The maximum Gasteiger partial charge on any atom is 0.411 e. The maximum atomic E-state index is 13.2. The number of carbonyl (C=O) groups excluding carboxylic acids is 2. The monoisotopic (exact) mass is 496 g/mol. The van der Waals surface area contributed by atoms with E-state index < -0.39 is 17.7 Å². The minimum Gasteiger partial charge on any atom is -0.444 e. The third-order valence-corrected chi connectivity index (χ3v) is 6.14. The van der Waals surface area contributed by atoms with Crippen molar-refractivity contribution in [3.05, 3.63) is 22.3 Å². The summed E-state index contributed by atoms with van der Waals surface area (Å²) in [4.78, 5) is 34.3. The van der Waals surface area contributed by atoms with E-state index in [0.717, 1.165) is 18.5 Å². The summed E-state index contributed by atoms with van der Waals surface area (Å²) < 4.78 is 12.2. The van der Waals surface area contributed by atoms with Gasteiger partial charge in [0.15, 0.2) is 0 Å². The first-order chi connectivity index (χ1) is 14.4. The Morgan fingerprint density at radius 3 is 2.68 bits per heavy atom. The van der Waals surface area contributed by atoms with Crippen LogP contribution in [0.3, 0.4) is 0 Å². The van der Waals surface area contributed by atoms with Crippen molar-refractivity contribution in [3.63, 3.8) is 0 Å². The zero-order valence-electron chi connectivity index (χ0n) is 19.2. The average molecular weight is 497 g/mol. The normalized spacial score (nSPS) is 24.8. The molecule has 1 saturated heterocycles. The van der Waals surface area contributed by atoms with Crippen molar-refractivity contribution >= 4 is 33.7 Å². The van der Waals surface area contributed by atoms with Gasteiger partial charge in [-0.1, -0.05) is 6.07 Å². The summed E-state index contributed by atoms with van der Waals surface area (Å²) in [5.41, 5.74) is 0.0266. The minimum atomic E-state index is -0.636. The minimum absolute atomic E-state index is 0.0472. The zero-order valence-corrected chi connectivity index (χ0v) is 20.8. The van der Waals surface area contributed by atoms with Gasteiger partial charge < -0.3 is 19.7 Å². The van der Waals surface area contributed by atoms with Crippen LogP contribution in [-0.2, 0) is 14.3 Å². The summed E-state index contributed by atoms with van der Waals surface area (Å²) in [6, 6.07) is 3.04. The van der Waals surface area contributed by atoms with Gasteiger partial charge in [0.05, 0.1) is 13.2 Å². The van der Waals surface area contributed by atoms with E-state index in [4.69, 9.17) is 9.47 Å². The molecule has 9 heteroatoms. The number of nitrogens with zero attached hydrogens (tertiary/aromatic N) is 3. The van der Waals surface area contributed by atoms with Crippen LogP contribution in [-0.4, -0.2) is 78.3 Å². The molecule has 0 bridgehead atoms. The van der Waals surface area contributed by atoms with Gasteiger partial charge in [-0.15, -0.1) is 0 Å². The summed E-state index contributed by atoms with van der Waals surface area (Å²) in [5, 5.41) is 2.90. The molecule has 0 aromatic carbocycles. The molecule has 31 heavy (non-hydrogen) atoms. The molecule has 2 heterocycles. The van der Waals surface area contributed by atoms with Crippen LogP contribution >= 0.6 is 15.9 Å².